The lowest BCUT2D eigenvalue weighted by Crippen LogP contribution is -2.24. The molecule has 3 rings (SSSR count). The number of hydrogen-bond donors (Lipinski definition) is 2. The number of nitrogens with one attached hydrogen (secondary N) is 1. The quantitative estimate of drug-likeness (QED) is 0.748. The number of aromatic nitrogens is 3. The first kappa shape index (κ1) is 15.3. The zero-order chi connectivity index (χ0) is 15.7. The van der Waals surface area contributed by atoms with E-state index in [-0.39, 0.29) is 12.0 Å². The number of rotatable bonds is 5. The predicted molar refractivity (Wildman–Crippen MR) is 90.6 cm³/mol. The summed E-state index contributed by atoms with van der Waals surface area (Å²) in [6.45, 7) is 4.46. The molecule has 2 N–H and O–H groups in total. The van der Waals surface area contributed by atoms with Crippen molar-refractivity contribution >= 4 is 33.0 Å². The Kier molecular flexibility index (Phi) is 4.33. The van der Waals surface area contributed by atoms with Crippen LogP contribution in [-0.2, 0) is 0 Å². The molecular weight excluding hydrogens is 320 g/mol. The highest BCUT2D eigenvalue weighted by Crippen LogP contribution is 2.25. The van der Waals surface area contributed by atoms with Gasteiger partial charge in [0.05, 0.1) is 18.0 Å². The molecule has 0 saturated heterocycles. The third-order valence-electron chi connectivity index (χ3n) is 3.42. The van der Waals surface area contributed by atoms with Crippen LogP contribution in [0.3, 0.4) is 0 Å². The fourth-order valence-electron chi connectivity index (χ4n) is 1.96. The van der Waals surface area contributed by atoms with Crippen molar-refractivity contribution in [2.45, 2.75) is 20.0 Å². The van der Waals surface area contributed by atoms with E-state index in [1.807, 2.05) is 44.3 Å². The average molecular weight is 337 g/mol. The minimum atomic E-state index is -0.388. The van der Waals surface area contributed by atoms with Gasteiger partial charge in [-0.2, -0.15) is 0 Å². The van der Waals surface area contributed by atoms with Gasteiger partial charge in [0.15, 0.2) is 0 Å². The van der Waals surface area contributed by atoms with Gasteiger partial charge in [0.1, 0.15) is 0 Å². The maximum absolute atomic E-state index is 9.81. The van der Waals surface area contributed by atoms with Gasteiger partial charge in [0.25, 0.3) is 0 Å². The summed E-state index contributed by atoms with van der Waals surface area (Å²) < 4.78 is 1.75. The highest BCUT2D eigenvalue weighted by atomic mass is 35.5. The number of hydrogen-bond acceptors (Lipinski definition) is 5. The van der Waals surface area contributed by atoms with Crippen LogP contribution in [0, 0.1) is 5.92 Å². The second-order valence-electron chi connectivity index (χ2n) is 5.46. The largest absolute Gasteiger partial charge is 0.391 e. The van der Waals surface area contributed by atoms with Crippen molar-refractivity contribution in [1.82, 2.24) is 14.6 Å². The van der Waals surface area contributed by atoms with Gasteiger partial charge in [0, 0.05) is 17.1 Å². The van der Waals surface area contributed by atoms with Crippen LogP contribution in [0.25, 0.3) is 16.2 Å². The Morgan fingerprint density at radius 1 is 1.32 bits per heavy atom. The Bertz CT molecular complexity index is 734. The van der Waals surface area contributed by atoms with E-state index in [4.69, 9.17) is 11.6 Å². The molecule has 0 spiro atoms. The number of imidazole rings is 1. The molecule has 0 saturated carbocycles. The minimum absolute atomic E-state index is 0.216. The minimum Gasteiger partial charge on any atom is -0.391 e. The van der Waals surface area contributed by atoms with E-state index < -0.39 is 0 Å². The first-order valence-corrected chi connectivity index (χ1v) is 8.26. The van der Waals surface area contributed by atoms with E-state index in [9.17, 15) is 5.11 Å². The number of nitrogens with zero attached hydrogens (tertiary/aromatic N) is 3. The van der Waals surface area contributed by atoms with Crippen LogP contribution < -0.4 is 5.32 Å². The molecular formula is C15H17ClN4OS. The van der Waals surface area contributed by atoms with E-state index in [0.717, 1.165) is 21.3 Å². The molecule has 1 unspecified atom stereocenters. The number of aliphatic hydroxyl groups is 1. The molecule has 2 heterocycles. The van der Waals surface area contributed by atoms with Crippen molar-refractivity contribution in [1.29, 1.82) is 0 Å². The molecule has 5 nitrogen and oxygen atoms in total. The molecule has 2 aromatic heterocycles. The third kappa shape index (κ3) is 3.24. The molecule has 116 valence electrons. The summed E-state index contributed by atoms with van der Waals surface area (Å²) in [5.41, 5.74) is 1.87. The zero-order valence-corrected chi connectivity index (χ0v) is 13.9. The Balaban J connectivity index is 1.76. The van der Waals surface area contributed by atoms with Crippen LogP contribution in [0.5, 0.6) is 0 Å². The van der Waals surface area contributed by atoms with E-state index in [2.05, 4.69) is 15.4 Å². The Labute approximate surface area is 137 Å². The van der Waals surface area contributed by atoms with E-state index in [0.29, 0.717) is 11.6 Å². The Hall–Kier alpha value is -1.63. The van der Waals surface area contributed by atoms with Crippen LogP contribution in [-0.4, -0.2) is 32.4 Å². The molecule has 0 radical (unpaired) electrons. The molecule has 1 atom stereocenters. The molecule has 0 aliphatic carbocycles. The highest BCUT2D eigenvalue weighted by molar-refractivity contribution is 7.20. The number of aliphatic hydroxyl groups excluding tert-OH is 1. The monoisotopic (exact) mass is 336 g/mol. The molecule has 0 bridgehead atoms. The van der Waals surface area contributed by atoms with Crippen LogP contribution in [0.2, 0.25) is 5.02 Å². The lowest BCUT2D eigenvalue weighted by Gasteiger charge is -2.13. The summed E-state index contributed by atoms with van der Waals surface area (Å²) in [7, 11) is 0. The molecule has 0 amide bonds. The first-order chi connectivity index (χ1) is 10.5. The fourth-order valence-corrected chi connectivity index (χ4v) is 2.87. The van der Waals surface area contributed by atoms with Gasteiger partial charge in [-0.25, -0.2) is 9.50 Å². The Morgan fingerprint density at radius 3 is 2.68 bits per heavy atom. The predicted octanol–water partition coefficient (Wildman–Crippen LogP) is 3.54. The summed E-state index contributed by atoms with van der Waals surface area (Å²) in [4.78, 5) is 5.38. The lowest BCUT2D eigenvalue weighted by molar-refractivity contribution is 0.138. The molecule has 3 aromatic rings. The van der Waals surface area contributed by atoms with Gasteiger partial charge in [-0.1, -0.05) is 48.9 Å². The topological polar surface area (TPSA) is 62.5 Å². The number of benzene rings is 1. The van der Waals surface area contributed by atoms with E-state index in [1.54, 1.807) is 4.52 Å². The van der Waals surface area contributed by atoms with Gasteiger partial charge in [-0.3, -0.25) is 0 Å². The molecule has 0 fully saturated rings. The zero-order valence-electron chi connectivity index (χ0n) is 12.3. The van der Waals surface area contributed by atoms with Crippen molar-refractivity contribution in [2.75, 3.05) is 11.9 Å². The van der Waals surface area contributed by atoms with Crippen LogP contribution in [0.15, 0.2) is 30.5 Å². The SMILES string of the molecule is CC(C)C(O)CNc1nn2cc(-c3ccc(Cl)cc3)nc2s1. The second kappa shape index (κ2) is 6.24. The highest BCUT2D eigenvalue weighted by Gasteiger charge is 2.12. The number of fused-ring (bicyclic) bond motifs is 1. The standard InChI is InChI=1S/C15H17ClN4OS/c1-9(2)13(21)7-17-14-19-20-8-12(18-15(20)22-14)10-3-5-11(16)6-4-10/h3-6,8-9,13,21H,7H2,1-2H3,(H,17,19). The van der Waals surface area contributed by atoms with E-state index >= 15 is 0 Å². The maximum Gasteiger partial charge on any atom is 0.214 e. The van der Waals surface area contributed by atoms with E-state index in [1.165, 1.54) is 11.3 Å². The summed E-state index contributed by atoms with van der Waals surface area (Å²) in [6.07, 6.45) is 1.50. The number of halogens is 1. The second-order valence-corrected chi connectivity index (χ2v) is 6.85. The maximum atomic E-state index is 9.81. The molecule has 0 aliphatic heterocycles. The van der Waals surface area contributed by atoms with Crippen molar-refractivity contribution in [3.8, 4) is 11.3 Å². The van der Waals surface area contributed by atoms with Crippen LogP contribution in [0.4, 0.5) is 5.13 Å². The molecule has 22 heavy (non-hydrogen) atoms. The summed E-state index contributed by atoms with van der Waals surface area (Å²) in [5.74, 6) is 0.216. The molecule has 1 aromatic carbocycles. The van der Waals surface area contributed by atoms with Gasteiger partial charge in [0.2, 0.25) is 10.1 Å². The van der Waals surface area contributed by atoms with Crippen LogP contribution in [0.1, 0.15) is 13.8 Å². The van der Waals surface area contributed by atoms with Crippen molar-refractivity contribution in [3.63, 3.8) is 0 Å². The van der Waals surface area contributed by atoms with Crippen molar-refractivity contribution < 1.29 is 5.11 Å². The normalized spacial score (nSPS) is 13.0. The fraction of sp³-hybridized carbons (Fsp3) is 0.333. The van der Waals surface area contributed by atoms with Crippen LogP contribution >= 0.6 is 22.9 Å². The summed E-state index contributed by atoms with van der Waals surface area (Å²) in [6, 6.07) is 7.57. The van der Waals surface area contributed by atoms with Gasteiger partial charge >= 0.3 is 0 Å². The molecule has 0 aliphatic rings. The summed E-state index contributed by atoms with van der Waals surface area (Å²) in [5, 5.41) is 18.8. The van der Waals surface area contributed by atoms with Crippen molar-refractivity contribution in [2.24, 2.45) is 5.92 Å². The van der Waals surface area contributed by atoms with Gasteiger partial charge < -0.3 is 10.4 Å². The third-order valence-corrected chi connectivity index (χ3v) is 4.55. The Morgan fingerprint density at radius 2 is 2.05 bits per heavy atom. The van der Waals surface area contributed by atoms with Gasteiger partial charge in [-0.05, 0) is 18.1 Å². The van der Waals surface area contributed by atoms with Crippen molar-refractivity contribution in [3.05, 3.63) is 35.5 Å². The smallest absolute Gasteiger partial charge is 0.214 e. The number of anilines is 1. The molecule has 7 heteroatoms. The lowest BCUT2D eigenvalue weighted by atomic mass is 10.1. The first-order valence-electron chi connectivity index (χ1n) is 7.07. The van der Waals surface area contributed by atoms with Gasteiger partial charge in [-0.15, -0.1) is 5.10 Å². The summed E-state index contributed by atoms with van der Waals surface area (Å²) >= 11 is 7.36. The average Bonchev–Trinajstić information content (AvgIpc) is 3.03.